The molecule has 0 spiro atoms. The Morgan fingerprint density at radius 1 is 0.867 bits per heavy atom. The summed E-state index contributed by atoms with van der Waals surface area (Å²) >= 11 is 8.50. The van der Waals surface area contributed by atoms with Gasteiger partial charge in [-0.05, 0) is 0 Å². The van der Waals surface area contributed by atoms with E-state index >= 15 is 0 Å². The zero-order valence-electron chi connectivity index (χ0n) is 6.71. The predicted molar refractivity (Wildman–Crippen MR) is 49.8 cm³/mol. The zero-order valence-corrected chi connectivity index (χ0v) is 8.34. The topological polar surface area (TPSA) is 12.0 Å². The van der Waals surface area contributed by atoms with E-state index in [-0.39, 0.29) is 0 Å². The highest BCUT2D eigenvalue weighted by Crippen LogP contribution is 2.26. The van der Waals surface area contributed by atoms with Crippen molar-refractivity contribution in [1.82, 2.24) is 0 Å². The van der Waals surface area contributed by atoms with Gasteiger partial charge in [-0.2, -0.15) is 0 Å². The Labute approximate surface area is 91.7 Å². The molecule has 0 aliphatic heterocycles. The summed E-state index contributed by atoms with van der Waals surface area (Å²) in [7, 11) is 0. The van der Waals surface area contributed by atoms with Crippen molar-refractivity contribution in [2.75, 3.05) is 5.32 Å². The van der Waals surface area contributed by atoms with Crippen LogP contribution in [0.3, 0.4) is 0 Å². The first-order valence-corrected chi connectivity index (χ1v) is 4.17. The van der Waals surface area contributed by atoms with Gasteiger partial charge in [0.05, 0.1) is 0 Å². The summed E-state index contributed by atoms with van der Waals surface area (Å²) in [5.74, 6) is -10.3. The molecule has 0 aliphatic rings. The number of rotatable bonds is 1. The molecule has 0 unspecified atom stereocenters. The maximum absolute atomic E-state index is 12.9. The van der Waals surface area contributed by atoms with Crippen molar-refractivity contribution in [2.24, 2.45) is 0 Å². The van der Waals surface area contributed by atoms with Gasteiger partial charge in [-0.3, -0.25) is 0 Å². The summed E-state index contributed by atoms with van der Waals surface area (Å²) in [6.07, 6.45) is 0. The van der Waals surface area contributed by atoms with Crippen LogP contribution >= 0.6 is 12.2 Å². The van der Waals surface area contributed by atoms with Crippen LogP contribution in [0, 0.1) is 29.1 Å². The van der Waals surface area contributed by atoms with Crippen LogP contribution in [-0.2, 0) is 12.6 Å². The standard InChI is InChI=1S/C7H2F5NS2/c8-1-2(9)4(11)6(13-7(14)15)5(12)3(1)10/h(H2,13,14,15)/p-1. The molecule has 0 atom stereocenters. The van der Waals surface area contributed by atoms with Crippen molar-refractivity contribution in [1.29, 1.82) is 0 Å². The fourth-order valence-electron chi connectivity index (χ4n) is 0.817. The Hall–Kier alpha value is -1.02. The molecule has 0 aliphatic carbocycles. The highest BCUT2D eigenvalue weighted by Gasteiger charge is 2.25. The van der Waals surface area contributed by atoms with E-state index in [0.29, 0.717) is 0 Å². The Morgan fingerprint density at radius 2 is 1.20 bits per heavy atom. The van der Waals surface area contributed by atoms with Gasteiger partial charge in [0.25, 0.3) is 0 Å². The molecular weight excluding hydrogens is 257 g/mol. The van der Waals surface area contributed by atoms with Gasteiger partial charge < -0.3 is 30.2 Å². The first kappa shape index (κ1) is 12.1. The Balaban J connectivity index is 3.45. The second kappa shape index (κ2) is 4.23. The Morgan fingerprint density at radius 3 is 1.53 bits per heavy atom. The van der Waals surface area contributed by atoms with Crippen LogP contribution in [0.25, 0.3) is 0 Å². The predicted octanol–water partition coefficient (Wildman–Crippen LogP) is 2.63. The average molecular weight is 258 g/mol. The second-order valence-corrected chi connectivity index (χ2v) is 3.43. The van der Waals surface area contributed by atoms with Gasteiger partial charge >= 0.3 is 0 Å². The third-order valence-corrected chi connectivity index (χ3v) is 1.64. The van der Waals surface area contributed by atoms with E-state index < -0.39 is 39.1 Å². The van der Waals surface area contributed by atoms with Crippen molar-refractivity contribution in [3.8, 4) is 0 Å². The van der Waals surface area contributed by atoms with Gasteiger partial charge in [-0.1, -0.05) is 4.32 Å². The van der Waals surface area contributed by atoms with Gasteiger partial charge in [0.1, 0.15) is 5.69 Å². The van der Waals surface area contributed by atoms with E-state index in [9.17, 15) is 22.0 Å². The van der Waals surface area contributed by atoms with E-state index in [1.165, 1.54) is 0 Å². The molecule has 0 fully saturated rings. The lowest BCUT2D eigenvalue weighted by atomic mass is 10.2. The van der Waals surface area contributed by atoms with Crippen molar-refractivity contribution in [2.45, 2.75) is 0 Å². The van der Waals surface area contributed by atoms with E-state index in [0.717, 1.165) is 0 Å². The summed E-state index contributed by atoms with van der Waals surface area (Å²) in [6, 6.07) is 0. The SMILES string of the molecule is Fc1c(F)c(F)c(NC(=S)[S-])c(F)c1F. The van der Waals surface area contributed by atoms with E-state index in [2.05, 4.69) is 24.8 Å². The molecule has 0 radical (unpaired) electrons. The molecular formula is C7HF5NS2-. The molecule has 1 N–H and O–H groups in total. The molecule has 1 aromatic rings. The number of halogens is 5. The monoisotopic (exact) mass is 258 g/mol. The third kappa shape index (κ3) is 2.15. The largest absolute Gasteiger partial charge is 0.411 e. The van der Waals surface area contributed by atoms with E-state index in [1.54, 1.807) is 5.32 Å². The molecule has 82 valence electrons. The molecule has 15 heavy (non-hydrogen) atoms. The van der Waals surface area contributed by atoms with Crippen LogP contribution in [-0.4, -0.2) is 4.32 Å². The van der Waals surface area contributed by atoms with Crippen LogP contribution in [0.1, 0.15) is 0 Å². The van der Waals surface area contributed by atoms with Crippen molar-refractivity contribution in [3.63, 3.8) is 0 Å². The van der Waals surface area contributed by atoms with Crippen LogP contribution in [0.2, 0.25) is 0 Å². The van der Waals surface area contributed by atoms with Gasteiger partial charge in [0, 0.05) is 0 Å². The van der Waals surface area contributed by atoms with Gasteiger partial charge in [-0.25, -0.2) is 22.0 Å². The minimum Gasteiger partial charge on any atom is -0.411 e. The molecule has 1 nitrogen and oxygen atoms in total. The van der Waals surface area contributed by atoms with Crippen molar-refractivity contribution >= 4 is 34.9 Å². The quantitative estimate of drug-likeness (QED) is 0.273. The maximum atomic E-state index is 12.9. The minimum absolute atomic E-state index is 0.529. The molecule has 0 aromatic heterocycles. The van der Waals surface area contributed by atoms with E-state index in [1.807, 2.05) is 0 Å². The van der Waals surface area contributed by atoms with E-state index in [4.69, 9.17) is 0 Å². The Kier molecular flexibility index (Phi) is 3.40. The smallest absolute Gasteiger partial charge is 0.200 e. The lowest BCUT2D eigenvalue weighted by Gasteiger charge is -2.12. The first-order valence-electron chi connectivity index (χ1n) is 3.35. The van der Waals surface area contributed by atoms with Crippen LogP contribution in [0.5, 0.6) is 0 Å². The van der Waals surface area contributed by atoms with Gasteiger partial charge in [0.2, 0.25) is 5.82 Å². The lowest BCUT2D eigenvalue weighted by molar-refractivity contribution is 0.382. The summed E-state index contributed by atoms with van der Waals surface area (Å²) < 4.78 is 62.9. The Bertz CT molecular complexity index is 405. The summed E-state index contributed by atoms with van der Waals surface area (Å²) in [4.78, 5) is 0. The van der Waals surface area contributed by atoms with Gasteiger partial charge in [0.15, 0.2) is 23.3 Å². The molecule has 1 rings (SSSR count). The first-order chi connectivity index (χ1) is 6.86. The van der Waals surface area contributed by atoms with Crippen LogP contribution in [0.4, 0.5) is 27.6 Å². The van der Waals surface area contributed by atoms with Crippen LogP contribution in [0.15, 0.2) is 0 Å². The number of benzene rings is 1. The number of hydrogen-bond donors (Lipinski definition) is 1. The zero-order chi connectivity index (χ0) is 11.7. The van der Waals surface area contributed by atoms with Gasteiger partial charge in [-0.15, -0.1) is 0 Å². The highest BCUT2D eigenvalue weighted by molar-refractivity contribution is 8.00. The number of anilines is 1. The molecule has 0 bridgehead atoms. The molecule has 0 saturated heterocycles. The maximum Gasteiger partial charge on any atom is 0.200 e. The lowest BCUT2D eigenvalue weighted by Crippen LogP contribution is -2.12. The minimum atomic E-state index is -2.23. The van der Waals surface area contributed by atoms with Crippen LogP contribution < -0.4 is 5.32 Å². The third-order valence-electron chi connectivity index (χ3n) is 1.44. The number of nitrogens with one attached hydrogen (secondary N) is 1. The molecule has 0 saturated carbocycles. The normalized spacial score (nSPS) is 10.2. The average Bonchev–Trinajstić information content (AvgIpc) is 2.18. The highest BCUT2D eigenvalue weighted by atomic mass is 32.1. The summed E-state index contributed by atoms with van der Waals surface area (Å²) in [5.41, 5.74) is -1.24. The fourth-order valence-corrected chi connectivity index (χ4v) is 1.02. The van der Waals surface area contributed by atoms with Crippen molar-refractivity contribution < 1.29 is 22.0 Å². The number of hydrogen-bond acceptors (Lipinski definition) is 2. The molecule has 1 aromatic carbocycles. The number of thiocarbonyl (C=S) groups is 1. The fraction of sp³-hybridized carbons (Fsp3) is 0. The summed E-state index contributed by atoms with van der Waals surface area (Å²) in [5, 5.41) is 1.70. The molecule has 8 heteroatoms. The molecule has 0 heterocycles. The summed E-state index contributed by atoms with van der Waals surface area (Å²) in [6.45, 7) is 0. The van der Waals surface area contributed by atoms with Crippen molar-refractivity contribution in [3.05, 3.63) is 29.1 Å². The second-order valence-electron chi connectivity index (χ2n) is 2.36. The molecule has 0 amide bonds.